The van der Waals surface area contributed by atoms with Gasteiger partial charge in [0.25, 0.3) is 0 Å². The van der Waals surface area contributed by atoms with Crippen LogP contribution in [0.2, 0.25) is 5.02 Å². The van der Waals surface area contributed by atoms with Crippen molar-refractivity contribution in [2.45, 2.75) is 39.2 Å². The molecule has 3 rings (SSSR count). The number of aliphatic hydroxyl groups excluding tert-OH is 1. The van der Waals surface area contributed by atoms with E-state index in [4.69, 9.17) is 25.8 Å². The lowest BCUT2D eigenvalue weighted by molar-refractivity contribution is -0.121. The number of halogens is 1. The van der Waals surface area contributed by atoms with Crippen LogP contribution in [-0.4, -0.2) is 62.3 Å². The molecule has 1 heterocycles. The molecule has 1 aliphatic rings. The highest BCUT2D eigenvalue weighted by Gasteiger charge is 2.14. The van der Waals surface area contributed by atoms with Gasteiger partial charge in [0.1, 0.15) is 30.8 Å². The third kappa shape index (κ3) is 9.78. The molecule has 1 amide bonds. The van der Waals surface area contributed by atoms with Gasteiger partial charge in [0.15, 0.2) is 0 Å². The molecule has 196 valence electrons. The lowest BCUT2D eigenvalue weighted by Gasteiger charge is -2.15. The minimum atomic E-state index is -0.645. The second-order valence-corrected chi connectivity index (χ2v) is 9.53. The molecule has 1 aliphatic heterocycles. The van der Waals surface area contributed by atoms with Crippen molar-refractivity contribution in [2.75, 3.05) is 39.5 Å². The zero-order valence-corrected chi connectivity index (χ0v) is 21.7. The number of aliphatic hydroxyl groups is 1. The molecular formula is C27H36ClN3O5. The van der Waals surface area contributed by atoms with E-state index in [2.05, 4.69) is 29.7 Å². The number of benzene rings is 2. The Balaban J connectivity index is 1.28. The zero-order chi connectivity index (χ0) is 25.8. The lowest BCUT2D eigenvalue weighted by atomic mass is 10.0. The van der Waals surface area contributed by atoms with Gasteiger partial charge in [-0.25, -0.2) is 5.43 Å². The highest BCUT2D eigenvalue weighted by atomic mass is 35.5. The predicted octanol–water partition coefficient (Wildman–Crippen LogP) is 3.58. The van der Waals surface area contributed by atoms with Crippen LogP contribution >= 0.6 is 11.6 Å². The van der Waals surface area contributed by atoms with Crippen LogP contribution < -0.4 is 20.2 Å². The average molecular weight is 518 g/mol. The van der Waals surface area contributed by atoms with Gasteiger partial charge in [-0.15, -0.1) is 0 Å². The predicted molar refractivity (Wildman–Crippen MR) is 141 cm³/mol. The number of amides is 1. The Hall–Kier alpha value is -2.65. The van der Waals surface area contributed by atoms with E-state index < -0.39 is 6.10 Å². The molecule has 2 aromatic rings. The number of hydrogen-bond acceptors (Lipinski definition) is 7. The summed E-state index contributed by atoms with van der Waals surface area (Å²) < 4.78 is 17.0. The molecule has 2 aromatic carbocycles. The summed E-state index contributed by atoms with van der Waals surface area (Å²) in [5.41, 5.74) is 5.34. The van der Waals surface area contributed by atoms with Crippen molar-refractivity contribution in [1.82, 2.24) is 10.7 Å². The van der Waals surface area contributed by atoms with Gasteiger partial charge in [0, 0.05) is 32.5 Å². The van der Waals surface area contributed by atoms with E-state index >= 15 is 0 Å². The minimum absolute atomic E-state index is 0.0817. The van der Waals surface area contributed by atoms with Crippen molar-refractivity contribution < 1.29 is 24.1 Å². The summed E-state index contributed by atoms with van der Waals surface area (Å²) in [5, 5.41) is 17.9. The van der Waals surface area contributed by atoms with Gasteiger partial charge in [-0.05, 0) is 53.8 Å². The SMILES string of the molecule is CC(C)COCCc1ccc(OCC(O)CNCCOc2ccc(C3=NNC(=O)CC3)cc2Cl)cc1. The molecule has 0 aromatic heterocycles. The maximum atomic E-state index is 11.2. The summed E-state index contributed by atoms with van der Waals surface area (Å²) in [5.74, 6) is 1.76. The van der Waals surface area contributed by atoms with Crippen molar-refractivity contribution >= 4 is 23.2 Å². The molecule has 0 aliphatic carbocycles. The topological polar surface area (TPSA) is 101 Å². The van der Waals surface area contributed by atoms with Crippen LogP contribution in [0, 0.1) is 5.92 Å². The van der Waals surface area contributed by atoms with Gasteiger partial charge in [0.2, 0.25) is 5.91 Å². The van der Waals surface area contributed by atoms with Crippen molar-refractivity contribution in [2.24, 2.45) is 11.0 Å². The Morgan fingerprint density at radius 3 is 2.58 bits per heavy atom. The number of nitrogens with one attached hydrogen (secondary N) is 2. The third-order valence-electron chi connectivity index (χ3n) is 5.44. The summed E-state index contributed by atoms with van der Waals surface area (Å²) in [7, 11) is 0. The van der Waals surface area contributed by atoms with Crippen LogP contribution in [0.5, 0.6) is 11.5 Å². The van der Waals surface area contributed by atoms with Crippen LogP contribution in [-0.2, 0) is 16.0 Å². The quantitative estimate of drug-likeness (QED) is 0.312. The van der Waals surface area contributed by atoms with Gasteiger partial charge < -0.3 is 24.6 Å². The molecule has 1 unspecified atom stereocenters. The fourth-order valence-electron chi connectivity index (χ4n) is 3.49. The van der Waals surface area contributed by atoms with E-state index in [9.17, 15) is 9.90 Å². The van der Waals surface area contributed by atoms with E-state index in [1.165, 1.54) is 5.56 Å². The monoisotopic (exact) mass is 517 g/mol. The van der Waals surface area contributed by atoms with E-state index in [0.29, 0.717) is 55.8 Å². The maximum absolute atomic E-state index is 11.2. The summed E-state index contributed by atoms with van der Waals surface area (Å²) in [6.45, 7) is 7.28. The van der Waals surface area contributed by atoms with Crippen LogP contribution in [0.3, 0.4) is 0 Å². The number of carbonyl (C=O) groups excluding carboxylic acids is 1. The van der Waals surface area contributed by atoms with E-state index in [0.717, 1.165) is 30.1 Å². The Labute approximate surface area is 218 Å². The molecule has 0 spiro atoms. The molecule has 8 nitrogen and oxygen atoms in total. The Kier molecular flexibility index (Phi) is 11.5. The number of nitrogens with zero attached hydrogens (tertiary/aromatic N) is 1. The Morgan fingerprint density at radius 1 is 1.08 bits per heavy atom. The van der Waals surface area contributed by atoms with Crippen LogP contribution in [0.25, 0.3) is 0 Å². The Bertz CT molecular complexity index is 997. The summed E-state index contributed by atoms with van der Waals surface area (Å²) in [6.07, 6.45) is 1.22. The molecule has 0 bridgehead atoms. The first-order valence-corrected chi connectivity index (χ1v) is 12.7. The van der Waals surface area contributed by atoms with Gasteiger partial charge in [-0.1, -0.05) is 37.6 Å². The number of ether oxygens (including phenoxy) is 3. The van der Waals surface area contributed by atoms with E-state index in [1.54, 1.807) is 12.1 Å². The second kappa shape index (κ2) is 14.8. The standard InChI is InChI=1S/C27H36ClN3O5/c1-19(2)17-34-13-11-20-3-6-23(7-4-20)36-18-22(32)16-29-12-14-35-26-9-5-21(15-24(26)28)25-8-10-27(33)31-30-25/h3-7,9,15,19,22,29,32H,8,10-14,16-18H2,1-2H3,(H,31,33). The molecular weight excluding hydrogens is 482 g/mol. The first kappa shape index (κ1) is 27.9. The smallest absolute Gasteiger partial charge is 0.240 e. The summed E-state index contributed by atoms with van der Waals surface area (Å²) >= 11 is 6.34. The van der Waals surface area contributed by atoms with Crippen LogP contribution in [0.1, 0.15) is 37.8 Å². The van der Waals surface area contributed by atoms with Gasteiger partial charge in [-0.2, -0.15) is 5.10 Å². The highest BCUT2D eigenvalue weighted by Crippen LogP contribution is 2.26. The average Bonchev–Trinajstić information content (AvgIpc) is 2.87. The van der Waals surface area contributed by atoms with Gasteiger partial charge in [-0.3, -0.25) is 4.79 Å². The first-order chi connectivity index (χ1) is 17.4. The number of hydrazone groups is 1. The molecule has 0 radical (unpaired) electrons. The number of hydrogen-bond donors (Lipinski definition) is 3. The second-order valence-electron chi connectivity index (χ2n) is 9.12. The Morgan fingerprint density at radius 2 is 1.89 bits per heavy atom. The van der Waals surface area contributed by atoms with Crippen molar-refractivity contribution in [3.05, 3.63) is 58.6 Å². The highest BCUT2D eigenvalue weighted by molar-refractivity contribution is 6.32. The zero-order valence-electron chi connectivity index (χ0n) is 21.0. The molecule has 1 atom stereocenters. The number of carbonyl (C=O) groups is 1. The van der Waals surface area contributed by atoms with Crippen LogP contribution in [0.4, 0.5) is 0 Å². The first-order valence-electron chi connectivity index (χ1n) is 12.4. The van der Waals surface area contributed by atoms with Gasteiger partial charge >= 0.3 is 0 Å². The summed E-state index contributed by atoms with van der Waals surface area (Å²) in [6, 6.07) is 13.3. The van der Waals surface area contributed by atoms with Gasteiger partial charge in [0.05, 0.1) is 17.3 Å². The molecule has 0 saturated carbocycles. The molecule has 9 heteroatoms. The van der Waals surface area contributed by atoms with Crippen molar-refractivity contribution in [3.63, 3.8) is 0 Å². The lowest BCUT2D eigenvalue weighted by Crippen LogP contribution is -2.33. The molecule has 0 saturated heterocycles. The molecule has 3 N–H and O–H groups in total. The van der Waals surface area contributed by atoms with E-state index in [-0.39, 0.29) is 12.5 Å². The summed E-state index contributed by atoms with van der Waals surface area (Å²) in [4.78, 5) is 11.2. The maximum Gasteiger partial charge on any atom is 0.240 e. The van der Waals surface area contributed by atoms with E-state index in [1.807, 2.05) is 30.3 Å². The largest absolute Gasteiger partial charge is 0.491 e. The third-order valence-corrected chi connectivity index (χ3v) is 5.73. The normalized spacial score (nSPS) is 14.4. The minimum Gasteiger partial charge on any atom is -0.491 e. The van der Waals surface area contributed by atoms with Crippen molar-refractivity contribution in [3.8, 4) is 11.5 Å². The fourth-order valence-corrected chi connectivity index (χ4v) is 3.73. The molecule has 0 fully saturated rings. The molecule has 36 heavy (non-hydrogen) atoms. The number of rotatable bonds is 15. The van der Waals surface area contributed by atoms with Crippen LogP contribution in [0.15, 0.2) is 47.6 Å². The fraction of sp³-hybridized carbons (Fsp3) is 0.481. The van der Waals surface area contributed by atoms with Crippen molar-refractivity contribution in [1.29, 1.82) is 0 Å².